The number of carbonyl (C=O) groups excluding carboxylic acids is 1. The minimum absolute atomic E-state index is 0.0275. The number of halogens is 1. The topological polar surface area (TPSA) is 47.6 Å². The van der Waals surface area contributed by atoms with Gasteiger partial charge in [-0.2, -0.15) is 0 Å². The van der Waals surface area contributed by atoms with Gasteiger partial charge in [0.15, 0.2) is 6.61 Å². The summed E-state index contributed by atoms with van der Waals surface area (Å²) in [6.07, 6.45) is 0. The molecule has 0 aliphatic heterocycles. The number of nitrogens with one attached hydrogen (secondary N) is 1. The zero-order chi connectivity index (χ0) is 16.3. The average molecular weight is 374 g/mol. The Morgan fingerprint density at radius 1 is 1.00 bits per heavy atom. The Balaban J connectivity index is 1.60. The van der Waals surface area contributed by atoms with E-state index in [0.717, 1.165) is 10.2 Å². The van der Waals surface area contributed by atoms with Crippen LogP contribution < -0.4 is 14.8 Å². The van der Waals surface area contributed by atoms with Crippen molar-refractivity contribution in [2.75, 3.05) is 19.8 Å². The number of carbonyl (C=O) groups is 1. The molecule has 0 saturated heterocycles. The van der Waals surface area contributed by atoms with E-state index >= 15 is 0 Å². The van der Waals surface area contributed by atoms with Crippen LogP contribution >= 0.6 is 15.9 Å². The van der Waals surface area contributed by atoms with Crippen LogP contribution in [0.5, 0.6) is 11.5 Å². The van der Waals surface area contributed by atoms with Gasteiger partial charge in [0.1, 0.15) is 18.1 Å². The molecule has 5 heteroatoms. The lowest BCUT2D eigenvalue weighted by molar-refractivity contribution is -0.122. The monoisotopic (exact) mass is 373 g/mol. The van der Waals surface area contributed by atoms with Crippen LogP contribution in [0.25, 0.3) is 0 Å². The molecule has 0 heterocycles. The Morgan fingerprint density at radius 2 is 1.78 bits per heavy atom. The van der Waals surface area contributed by atoms with Gasteiger partial charge in [0, 0.05) is 4.47 Å². The standard InChI is InChI=1S/C18H16BrNO3/c19-15-7-6-10-17(13-15)22-12-5-4-11-20-18(21)14-23-16-8-2-1-3-9-16/h1-3,6-10,13H,11-12,14H2,(H,20,21). The van der Waals surface area contributed by atoms with Crippen molar-refractivity contribution in [1.29, 1.82) is 0 Å². The second-order valence-corrected chi connectivity index (χ2v) is 5.39. The third-order valence-corrected chi connectivity index (χ3v) is 3.21. The van der Waals surface area contributed by atoms with E-state index in [1.807, 2.05) is 42.5 Å². The number of amides is 1. The van der Waals surface area contributed by atoms with Gasteiger partial charge in [0.25, 0.3) is 5.91 Å². The fraction of sp³-hybridized carbons (Fsp3) is 0.167. The molecule has 0 aliphatic rings. The van der Waals surface area contributed by atoms with E-state index in [4.69, 9.17) is 9.47 Å². The van der Waals surface area contributed by atoms with Crippen LogP contribution in [0, 0.1) is 11.8 Å². The van der Waals surface area contributed by atoms with E-state index < -0.39 is 0 Å². The zero-order valence-electron chi connectivity index (χ0n) is 12.4. The predicted molar refractivity (Wildman–Crippen MR) is 92.4 cm³/mol. The van der Waals surface area contributed by atoms with Crippen LogP contribution in [0.3, 0.4) is 0 Å². The summed E-state index contributed by atoms with van der Waals surface area (Å²) in [5.41, 5.74) is 0. The summed E-state index contributed by atoms with van der Waals surface area (Å²) >= 11 is 3.37. The van der Waals surface area contributed by atoms with Crippen LogP contribution in [0.4, 0.5) is 0 Å². The second-order valence-electron chi connectivity index (χ2n) is 4.48. The minimum atomic E-state index is -0.212. The molecule has 4 nitrogen and oxygen atoms in total. The van der Waals surface area contributed by atoms with Gasteiger partial charge < -0.3 is 14.8 Å². The van der Waals surface area contributed by atoms with Crippen molar-refractivity contribution in [2.45, 2.75) is 0 Å². The van der Waals surface area contributed by atoms with Gasteiger partial charge in [0.2, 0.25) is 0 Å². The smallest absolute Gasteiger partial charge is 0.258 e. The van der Waals surface area contributed by atoms with Crippen molar-refractivity contribution >= 4 is 21.8 Å². The highest BCUT2D eigenvalue weighted by Crippen LogP contribution is 2.17. The van der Waals surface area contributed by atoms with E-state index in [9.17, 15) is 4.79 Å². The maximum absolute atomic E-state index is 11.6. The molecule has 118 valence electrons. The molecular weight excluding hydrogens is 358 g/mol. The summed E-state index contributed by atoms with van der Waals surface area (Å²) in [6, 6.07) is 16.7. The summed E-state index contributed by atoms with van der Waals surface area (Å²) in [5.74, 6) is 6.86. The lowest BCUT2D eigenvalue weighted by atomic mass is 10.3. The molecule has 2 aromatic carbocycles. The molecular formula is C18H16BrNO3. The third kappa shape index (κ3) is 6.90. The number of para-hydroxylation sites is 1. The first-order chi connectivity index (χ1) is 11.2. The summed E-state index contributed by atoms with van der Waals surface area (Å²) in [7, 11) is 0. The van der Waals surface area contributed by atoms with E-state index in [1.165, 1.54) is 0 Å². The fourth-order valence-electron chi connectivity index (χ4n) is 1.65. The summed E-state index contributed by atoms with van der Waals surface area (Å²) in [6.45, 7) is 0.506. The van der Waals surface area contributed by atoms with Crippen LogP contribution in [0.1, 0.15) is 0 Å². The Morgan fingerprint density at radius 3 is 2.57 bits per heavy atom. The van der Waals surface area contributed by atoms with Gasteiger partial charge in [-0.1, -0.05) is 52.0 Å². The molecule has 0 fully saturated rings. The van der Waals surface area contributed by atoms with E-state index in [2.05, 4.69) is 33.1 Å². The van der Waals surface area contributed by atoms with Gasteiger partial charge in [-0.15, -0.1) is 0 Å². The van der Waals surface area contributed by atoms with Gasteiger partial charge in [-0.25, -0.2) is 0 Å². The molecule has 0 saturated carbocycles. The highest BCUT2D eigenvalue weighted by atomic mass is 79.9. The largest absolute Gasteiger partial charge is 0.484 e. The first-order valence-electron chi connectivity index (χ1n) is 7.02. The van der Waals surface area contributed by atoms with Crippen LogP contribution in [0.15, 0.2) is 59.1 Å². The third-order valence-electron chi connectivity index (χ3n) is 2.72. The Kier molecular flexibility index (Phi) is 7.02. The quantitative estimate of drug-likeness (QED) is 0.791. The van der Waals surface area contributed by atoms with E-state index in [1.54, 1.807) is 12.1 Å². The van der Waals surface area contributed by atoms with Gasteiger partial charge in [-0.05, 0) is 30.3 Å². The molecule has 0 aliphatic carbocycles. The predicted octanol–water partition coefficient (Wildman–Crippen LogP) is 3.03. The lowest BCUT2D eigenvalue weighted by Crippen LogP contribution is -2.29. The Hall–Kier alpha value is -2.45. The molecule has 0 radical (unpaired) electrons. The first kappa shape index (κ1) is 16.9. The summed E-state index contributed by atoms with van der Waals surface area (Å²) in [5, 5.41) is 2.66. The van der Waals surface area contributed by atoms with Crippen LogP contribution in [0.2, 0.25) is 0 Å². The SMILES string of the molecule is O=C(COc1ccccc1)NCC#CCOc1cccc(Br)c1. The lowest BCUT2D eigenvalue weighted by Gasteiger charge is -2.05. The Labute approximate surface area is 143 Å². The fourth-order valence-corrected chi connectivity index (χ4v) is 2.03. The first-order valence-corrected chi connectivity index (χ1v) is 7.82. The minimum Gasteiger partial charge on any atom is -0.484 e. The van der Waals surface area contributed by atoms with Crippen molar-refractivity contribution in [3.63, 3.8) is 0 Å². The van der Waals surface area contributed by atoms with Crippen molar-refractivity contribution < 1.29 is 14.3 Å². The maximum atomic E-state index is 11.6. The normalized spacial score (nSPS) is 9.43. The number of hydrogen-bond donors (Lipinski definition) is 1. The highest BCUT2D eigenvalue weighted by molar-refractivity contribution is 9.10. The average Bonchev–Trinajstić information content (AvgIpc) is 2.57. The summed E-state index contributed by atoms with van der Waals surface area (Å²) < 4.78 is 11.7. The molecule has 1 N–H and O–H groups in total. The van der Waals surface area contributed by atoms with Gasteiger partial charge in [0.05, 0.1) is 6.54 Å². The molecule has 0 unspecified atom stereocenters. The van der Waals surface area contributed by atoms with Crippen molar-refractivity contribution in [1.82, 2.24) is 5.32 Å². The number of ether oxygens (including phenoxy) is 2. The molecule has 2 aromatic rings. The molecule has 0 atom stereocenters. The molecule has 23 heavy (non-hydrogen) atoms. The number of hydrogen-bond acceptors (Lipinski definition) is 3. The molecule has 0 bridgehead atoms. The molecule has 1 amide bonds. The molecule has 0 spiro atoms. The van der Waals surface area contributed by atoms with Gasteiger partial charge in [-0.3, -0.25) is 4.79 Å². The van der Waals surface area contributed by atoms with E-state index in [0.29, 0.717) is 5.75 Å². The van der Waals surface area contributed by atoms with Crippen LogP contribution in [-0.2, 0) is 4.79 Å². The van der Waals surface area contributed by atoms with E-state index in [-0.39, 0.29) is 25.7 Å². The molecule has 2 rings (SSSR count). The maximum Gasteiger partial charge on any atom is 0.258 e. The van der Waals surface area contributed by atoms with Crippen molar-refractivity contribution in [3.8, 4) is 23.3 Å². The van der Waals surface area contributed by atoms with Crippen molar-refractivity contribution in [2.24, 2.45) is 0 Å². The van der Waals surface area contributed by atoms with Crippen molar-refractivity contribution in [3.05, 3.63) is 59.1 Å². The highest BCUT2D eigenvalue weighted by Gasteiger charge is 2.00. The summed E-state index contributed by atoms with van der Waals surface area (Å²) in [4.78, 5) is 11.6. The number of benzene rings is 2. The zero-order valence-corrected chi connectivity index (χ0v) is 14.0. The Bertz CT molecular complexity index is 692. The van der Waals surface area contributed by atoms with Gasteiger partial charge >= 0.3 is 0 Å². The second kappa shape index (κ2) is 9.54. The van der Waals surface area contributed by atoms with Crippen LogP contribution in [-0.4, -0.2) is 25.7 Å². The molecule has 0 aromatic heterocycles. The number of rotatable bonds is 6.